The zero-order valence-corrected chi connectivity index (χ0v) is 10.1. The number of aromatic nitrogens is 1. The average Bonchev–Trinajstić information content (AvgIpc) is 2.83. The number of rotatable bonds is 4. The fourth-order valence-corrected chi connectivity index (χ4v) is 2.56. The normalized spacial score (nSPS) is 18.1. The van der Waals surface area contributed by atoms with Gasteiger partial charge in [-0.2, -0.15) is 26.3 Å². The second-order valence-corrected chi connectivity index (χ2v) is 5.37. The molecule has 10 heteroatoms. The maximum Gasteiger partial charge on any atom is 0.407 e. The molecular weight excluding hydrogens is 289 g/mol. The van der Waals surface area contributed by atoms with Gasteiger partial charge in [0.15, 0.2) is 0 Å². The molecule has 19 heavy (non-hydrogen) atoms. The van der Waals surface area contributed by atoms with Gasteiger partial charge in [-0.15, -0.1) is 0 Å². The summed E-state index contributed by atoms with van der Waals surface area (Å²) in [6.45, 7) is 0. The van der Waals surface area contributed by atoms with Gasteiger partial charge < -0.3 is 9.17 Å². The van der Waals surface area contributed by atoms with Gasteiger partial charge in [0.05, 0.1) is 0 Å². The van der Waals surface area contributed by atoms with Crippen molar-refractivity contribution in [2.75, 3.05) is 0 Å². The van der Waals surface area contributed by atoms with Crippen molar-refractivity contribution in [3.63, 3.8) is 0 Å². The smallest absolute Gasteiger partial charge is 0.356 e. The lowest BCUT2D eigenvalue weighted by molar-refractivity contribution is -0.161. The Morgan fingerprint density at radius 2 is 2.05 bits per heavy atom. The minimum absolute atomic E-state index is 0.178. The van der Waals surface area contributed by atoms with Crippen LogP contribution in [0, 0.1) is 0 Å². The number of hydrogen-bond acceptors (Lipinski definition) is 4. The molecule has 0 amide bonds. The molecule has 0 saturated heterocycles. The summed E-state index contributed by atoms with van der Waals surface area (Å²) in [6.07, 6.45) is -4.14. The first kappa shape index (κ1) is 13.9. The lowest BCUT2D eigenvalue weighted by atomic mass is 10.3. The van der Waals surface area contributed by atoms with Crippen LogP contribution in [0.15, 0.2) is 18.3 Å². The predicted molar refractivity (Wildman–Crippen MR) is 56.3 cm³/mol. The van der Waals surface area contributed by atoms with Crippen LogP contribution in [-0.4, -0.2) is 31.1 Å². The monoisotopic (exact) mass is 298 g/mol. The van der Waals surface area contributed by atoms with E-state index in [1.54, 1.807) is 0 Å². The van der Waals surface area contributed by atoms with E-state index in [1.165, 1.54) is 23.1 Å². The van der Waals surface area contributed by atoms with Crippen LogP contribution < -0.4 is 4.72 Å². The Balaban J connectivity index is 2.06. The molecule has 0 bridgehead atoms. The molecule has 0 aliphatic heterocycles. The van der Waals surface area contributed by atoms with E-state index in [2.05, 4.69) is 9.17 Å². The summed E-state index contributed by atoms with van der Waals surface area (Å²) in [5.41, 5.74) is -2.69. The van der Waals surface area contributed by atoms with Crippen molar-refractivity contribution in [2.24, 2.45) is 0 Å². The van der Waals surface area contributed by atoms with Crippen molar-refractivity contribution >= 4 is 16.3 Å². The standard InChI is InChI=1S/C9H9F3N2O4S/c10-9(11,12)8(3-4-8)14-19(16,17)18-7(15)6-2-1-5-13-6/h1-2,5,13-14H,3-4H2. The molecule has 0 atom stereocenters. The number of aromatic amines is 1. The third kappa shape index (κ3) is 2.89. The molecule has 1 fully saturated rings. The van der Waals surface area contributed by atoms with Crippen molar-refractivity contribution in [1.29, 1.82) is 0 Å². The van der Waals surface area contributed by atoms with Gasteiger partial charge >= 0.3 is 22.4 Å². The molecule has 1 heterocycles. The molecule has 1 aromatic heterocycles. The number of carbonyl (C=O) groups excluding carboxylic acids is 1. The topological polar surface area (TPSA) is 88.3 Å². The Bertz CT molecular complexity index is 575. The van der Waals surface area contributed by atoms with E-state index in [0.29, 0.717) is 0 Å². The Kier molecular flexibility index (Phi) is 3.09. The van der Waals surface area contributed by atoms with Gasteiger partial charge in [0.2, 0.25) is 0 Å². The SMILES string of the molecule is O=C(OS(=O)(=O)NC1(C(F)(F)F)CC1)c1ccc[nH]1. The largest absolute Gasteiger partial charge is 0.407 e. The minimum Gasteiger partial charge on any atom is -0.356 e. The number of carbonyl (C=O) groups is 1. The first-order valence-corrected chi connectivity index (χ1v) is 6.54. The van der Waals surface area contributed by atoms with Crippen LogP contribution in [0.5, 0.6) is 0 Å². The summed E-state index contributed by atoms with van der Waals surface area (Å²) in [6, 6.07) is 2.64. The number of nitrogens with one attached hydrogen (secondary N) is 2. The molecule has 106 valence electrons. The summed E-state index contributed by atoms with van der Waals surface area (Å²) in [5, 5.41) is 0. The van der Waals surface area contributed by atoms with Crippen molar-refractivity contribution in [3.05, 3.63) is 24.0 Å². The van der Waals surface area contributed by atoms with Crippen LogP contribution in [0.4, 0.5) is 13.2 Å². The maximum absolute atomic E-state index is 12.6. The van der Waals surface area contributed by atoms with Gasteiger partial charge in [0, 0.05) is 6.20 Å². The molecule has 2 rings (SSSR count). The molecule has 0 aromatic carbocycles. The lowest BCUT2D eigenvalue weighted by Crippen LogP contribution is -2.48. The lowest BCUT2D eigenvalue weighted by Gasteiger charge is -2.19. The van der Waals surface area contributed by atoms with Gasteiger partial charge in [-0.1, -0.05) is 0 Å². The zero-order valence-electron chi connectivity index (χ0n) is 9.32. The summed E-state index contributed by atoms with van der Waals surface area (Å²) in [4.78, 5) is 13.7. The number of alkyl halides is 3. The van der Waals surface area contributed by atoms with Crippen molar-refractivity contribution in [2.45, 2.75) is 24.6 Å². The van der Waals surface area contributed by atoms with E-state index in [0.717, 1.165) is 0 Å². The Hall–Kier alpha value is -1.55. The minimum atomic E-state index is -4.82. The van der Waals surface area contributed by atoms with E-state index in [1.807, 2.05) is 0 Å². The van der Waals surface area contributed by atoms with Crippen LogP contribution in [0.1, 0.15) is 23.3 Å². The Labute approximate surface area is 106 Å². The van der Waals surface area contributed by atoms with E-state index < -0.39 is 28.0 Å². The second-order valence-electron chi connectivity index (χ2n) is 4.09. The molecule has 0 spiro atoms. The first-order valence-electron chi connectivity index (χ1n) is 5.13. The molecule has 6 nitrogen and oxygen atoms in total. The number of halogens is 3. The third-order valence-electron chi connectivity index (χ3n) is 2.62. The summed E-state index contributed by atoms with van der Waals surface area (Å²) >= 11 is 0. The van der Waals surface area contributed by atoms with E-state index >= 15 is 0 Å². The van der Waals surface area contributed by atoms with Gasteiger partial charge in [0.1, 0.15) is 11.2 Å². The predicted octanol–water partition coefficient (Wildman–Crippen LogP) is 1.10. The molecule has 0 unspecified atom stereocenters. The van der Waals surface area contributed by atoms with E-state index in [4.69, 9.17) is 0 Å². The average molecular weight is 298 g/mol. The summed E-state index contributed by atoms with van der Waals surface area (Å²) < 4.78 is 65.8. The fourth-order valence-electron chi connectivity index (χ4n) is 1.43. The molecule has 1 aliphatic rings. The molecular formula is C9H9F3N2O4S. The van der Waals surface area contributed by atoms with Gasteiger partial charge in [0.25, 0.3) is 0 Å². The van der Waals surface area contributed by atoms with Crippen LogP contribution >= 0.6 is 0 Å². The maximum atomic E-state index is 12.6. The second kappa shape index (κ2) is 4.23. The third-order valence-corrected chi connectivity index (χ3v) is 3.63. The zero-order chi connectivity index (χ0) is 14.3. The first-order chi connectivity index (χ1) is 8.65. The quantitative estimate of drug-likeness (QED) is 0.871. The molecule has 1 saturated carbocycles. The summed E-state index contributed by atoms with van der Waals surface area (Å²) in [5.74, 6) is -1.28. The van der Waals surface area contributed by atoms with Crippen LogP contribution in [0.25, 0.3) is 0 Å². The van der Waals surface area contributed by atoms with Gasteiger partial charge in [-0.25, -0.2) is 4.79 Å². The highest BCUT2D eigenvalue weighted by molar-refractivity contribution is 7.85. The number of hydrogen-bond donors (Lipinski definition) is 2. The highest BCUT2D eigenvalue weighted by Crippen LogP contribution is 2.49. The van der Waals surface area contributed by atoms with Gasteiger partial charge in [-0.05, 0) is 25.0 Å². The Morgan fingerprint density at radius 3 is 2.47 bits per heavy atom. The van der Waals surface area contributed by atoms with Crippen molar-refractivity contribution in [1.82, 2.24) is 9.71 Å². The van der Waals surface area contributed by atoms with Crippen LogP contribution in [0.2, 0.25) is 0 Å². The Morgan fingerprint density at radius 1 is 1.42 bits per heavy atom. The summed E-state index contributed by atoms with van der Waals surface area (Å²) in [7, 11) is -4.82. The number of H-pyrrole nitrogens is 1. The molecule has 2 N–H and O–H groups in total. The van der Waals surface area contributed by atoms with Crippen molar-refractivity contribution < 1.29 is 30.6 Å². The highest BCUT2D eigenvalue weighted by atomic mass is 32.2. The molecule has 1 aliphatic carbocycles. The van der Waals surface area contributed by atoms with Crippen LogP contribution in [0.3, 0.4) is 0 Å². The fraction of sp³-hybridized carbons (Fsp3) is 0.444. The van der Waals surface area contributed by atoms with Gasteiger partial charge in [-0.3, -0.25) is 0 Å². The van der Waals surface area contributed by atoms with E-state index in [-0.39, 0.29) is 18.5 Å². The van der Waals surface area contributed by atoms with Crippen LogP contribution in [-0.2, 0) is 14.5 Å². The van der Waals surface area contributed by atoms with Crippen molar-refractivity contribution in [3.8, 4) is 0 Å². The highest BCUT2D eigenvalue weighted by Gasteiger charge is 2.65. The molecule has 1 aromatic rings. The molecule has 0 radical (unpaired) electrons. The van der Waals surface area contributed by atoms with E-state index in [9.17, 15) is 26.4 Å².